The van der Waals surface area contributed by atoms with Gasteiger partial charge >= 0.3 is 0 Å². The lowest BCUT2D eigenvalue weighted by Crippen LogP contribution is -2.46. The van der Waals surface area contributed by atoms with Crippen molar-refractivity contribution in [1.29, 1.82) is 0 Å². The normalized spacial score (nSPS) is 37.9. The van der Waals surface area contributed by atoms with Crippen LogP contribution in [0.3, 0.4) is 0 Å². The fourth-order valence-electron chi connectivity index (χ4n) is 2.91. The van der Waals surface area contributed by atoms with Crippen LogP contribution >= 0.6 is 0 Å². The quantitative estimate of drug-likeness (QED) is 0.735. The number of hydrogen-bond donors (Lipinski definition) is 1. The molecule has 2 saturated heterocycles. The maximum Gasteiger partial charge on any atom is 0.217 e. The highest BCUT2D eigenvalue weighted by Crippen LogP contribution is 2.38. The monoisotopic (exact) mass is 230 g/mol. The van der Waals surface area contributed by atoms with E-state index in [-0.39, 0.29) is 5.25 Å². The van der Waals surface area contributed by atoms with Crippen LogP contribution in [-0.4, -0.2) is 43.6 Å². The Morgan fingerprint density at radius 2 is 1.93 bits per heavy atom. The summed E-state index contributed by atoms with van der Waals surface area (Å²) in [6.45, 7) is 2.73. The smallest absolute Gasteiger partial charge is 0.217 e. The van der Waals surface area contributed by atoms with E-state index in [2.05, 4.69) is 5.32 Å². The molecular weight excluding hydrogens is 212 g/mol. The van der Waals surface area contributed by atoms with Gasteiger partial charge in [-0.25, -0.2) is 8.42 Å². The first kappa shape index (κ1) is 10.1. The molecule has 0 unspecified atom stereocenters. The topological polar surface area (TPSA) is 49.4 Å². The van der Waals surface area contributed by atoms with Crippen molar-refractivity contribution >= 4 is 10.0 Å². The minimum Gasteiger partial charge on any atom is -0.316 e. The van der Waals surface area contributed by atoms with E-state index >= 15 is 0 Å². The standard InChI is InChI=1S/C10H18N2O2S/c13-15(14,9-1-2-9)12-6-4-8-7-11-5-3-10(8)12/h8-11H,1-7H2/t8-,10-/m0/s1. The van der Waals surface area contributed by atoms with Gasteiger partial charge in [-0.05, 0) is 44.7 Å². The Bertz CT molecular complexity index is 350. The van der Waals surface area contributed by atoms with Crippen LogP contribution in [0, 0.1) is 5.92 Å². The average molecular weight is 230 g/mol. The van der Waals surface area contributed by atoms with E-state index in [0.29, 0.717) is 12.0 Å². The van der Waals surface area contributed by atoms with Crippen LogP contribution in [0.4, 0.5) is 0 Å². The Labute approximate surface area is 91.1 Å². The van der Waals surface area contributed by atoms with Gasteiger partial charge < -0.3 is 5.32 Å². The van der Waals surface area contributed by atoms with Crippen molar-refractivity contribution < 1.29 is 8.42 Å². The van der Waals surface area contributed by atoms with Gasteiger partial charge in [0.2, 0.25) is 10.0 Å². The summed E-state index contributed by atoms with van der Waals surface area (Å²) in [6.07, 6.45) is 3.81. The summed E-state index contributed by atoms with van der Waals surface area (Å²) < 4.78 is 26.1. The Morgan fingerprint density at radius 3 is 2.67 bits per heavy atom. The molecular formula is C10H18N2O2S. The molecule has 15 heavy (non-hydrogen) atoms. The largest absolute Gasteiger partial charge is 0.316 e. The van der Waals surface area contributed by atoms with Crippen LogP contribution in [0.1, 0.15) is 25.7 Å². The molecule has 1 saturated carbocycles. The van der Waals surface area contributed by atoms with Crippen LogP contribution in [0.5, 0.6) is 0 Å². The molecule has 0 spiro atoms. The second-order valence-corrected chi connectivity index (χ2v) is 7.13. The third-order valence-electron chi connectivity index (χ3n) is 3.93. The lowest BCUT2D eigenvalue weighted by Gasteiger charge is -2.31. The van der Waals surface area contributed by atoms with Crippen molar-refractivity contribution in [3.63, 3.8) is 0 Å². The zero-order valence-electron chi connectivity index (χ0n) is 8.85. The number of piperidine rings is 1. The predicted molar refractivity (Wildman–Crippen MR) is 58.0 cm³/mol. The predicted octanol–water partition coefficient (Wildman–Crippen LogP) is 0.162. The van der Waals surface area contributed by atoms with Crippen molar-refractivity contribution in [1.82, 2.24) is 9.62 Å². The molecule has 1 N–H and O–H groups in total. The summed E-state index contributed by atoms with van der Waals surface area (Å²) in [5, 5.41) is 3.32. The van der Waals surface area contributed by atoms with Crippen molar-refractivity contribution in [3.05, 3.63) is 0 Å². The average Bonchev–Trinajstić information content (AvgIpc) is 2.98. The summed E-state index contributed by atoms with van der Waals surface area (Å²) in [5.74, 6) is 0.562. The summed E-state index contributed by atoms with van der Waals surface area (Å²) in [4.78, 5) is 0. The lowest BCUT2D eigenvalue weighted by molar-refractivity contribution is 0.273. The number of fused-ring (bicyclic) bond motifs is 1. The first-order chi connectivity index (χ1) is 7.19. The third kappa shape index (κ3) is 1.61. The Hall–Kier alpha value is -0.130. The van der Waals surface area contributed by atoms with Crippen LogP contribution in [0.15, 0.2) is 0 Å². The molecule has 0 aromatic rings. The Morgan fingerprint density at radius 1 is 1.13 bits per heavy atom. The number of nitrogens with zero attached hydrogens (tertiary/aromatic N) is 1. The second-order valence-electron chi connectivity index (χ2n) is 4.96. The van der Waals surface area contributed by atoms with Gasteiger partial charge in [-0.2, -0.15) is 4.31 Å². The van der Waals surface area contributed by atoms with Gasteiger partial charge in [-0.3, -0.25) is 0 Å². The van der Waals surface area contributed by atoms with Gasteiger partial charge in [0.1, 0.15) is 0 Å². The Kier molecular flexibility index (Phi) is 2.30. The molecule has 86 valence electrons. The van der Waals surface area contributed by atoms with E-state index in [1.807, 2.05) is 4.31 Å². The molecule has 1 aliphatic carbocycles. The molecule has 5 heteroatoms. The highest BCUT2D eigenvalue weighted by molar-refractivity contribution is 7.90. The van der Waals surface area contributed by atoms with Crippen molar-refractivity contribution in [2.45, 2.75) is 37.0 Å². The molecule has 0 aromatic heterocycles. The number of rotatable bonds is 2. The zero-order valence-corrected chi connectivity index (χ0v) is 9.67. The number of sulfonamides is 1. The van der Waals surface area contributed by atoms with E-state index in [1.54, 1.807) is 0 Å². The molecule has 0 amide bonds. The van der Waals surface area contributed by atoms with Gasteiger partial charge in [0, 0.05) is 12.6 Å². The molecule has 3 aliphatic rings. The molecule has 4 nitrogen and oxygen atoms in total. The maximum atomic E-state index is 12.2. The molecule has 0 aromatic carbocycles. The number of hydrogen-bond acceptors (Lipinski definition) is 3. The summed E-state index contributed by atoms with van der Waals surface area (Å²) in [5.41, 5.74) is 0. The van der Waals surface area contributed by atoms with Crippen LogP contribution in [-0.2, 0) is 10.0 Å². The maximum absolute atomic E-state index is 12.2. The first-order valence-corrected chi connectivity index (χ1v) is 7.41. The summed E-state index contributed by atoms with van der Waals surface area (Å²) in [7, 11) is -2.93. The highest BCUT2D eigenvalue weighted by atomic mass is 32.2. The van der Waals surface area contributed by atoms with E-state index in [1.165, 1.54) is 0 Å². The molecule has 0 radical (unpaired) electrons. The van der Waals surface area contributed by atoms with Crippen molar-refractivity contribution in [3.8, 4) is 0 Å². The van der Waals surface area contributed by atoms with Gasteiger partial charge in [0.25, 0.3) is 0 Å². The van der Waals surface area contributed by atoms with Gasteiger partial charge in [-0.1, -0.05) is 0 Å². The Balaban J connectivity index is 1.81. The van der Waals surface area contributed by atoms with Crippen LogP contribution in [0.2, 0.25) is 0 Å². The fraction of sp³-hybridized carbons (Fsp3) is 1.00. The zero-order chi connectivity index (χ0) is 10.5. The van der Waals surface area contributed by atoms with Gasteiger partial charge in [0.15, 0.2) is 0 Å². The molecule has 3 rings (SSSR count). The minimum atomic E-state index is -2.93. The van der Waals surface area contributed by atoms with Crippen LogP contribution < -0.4 is 5.32 Å². The summed E-state index contributed by atoms with van der Waals surface area (Å²) in [6, 6.07) is 0.303. The van der Waals surface area contributed by atoms with E-state index in [4.69, 9.17) is 0 Å². The van der Waals surface area contributed by atoms with Crippen molar-refractivity contribution in [2.24, 2.45) is 5.92 Å². The third-order valence-corrected chi connectivity index (χ3v) is 6.35. The van der Waals surface area contributed by atoms with Gasteiger partial charge in [-0.15, -0.1) is 0 Å². The van der Waals surface area contributed by atoms with Crippen molar-refractivity contribution in [2.75, 3.05) is 19.6 Å². The second kappa shape index (κ2) is 3.43. The van der Waals surface area contributed by atoms with Crippen LogP contribution in [0.25, 0.3) is 0 Å². The van der Waals surface area contributed by atoms with E-state index in [9.17, 15) is 8.42 Å². The SMILES string of the molecule is O=S(=O)(C1CC1)N1CC[C@H]2CNCC[C@@H]21. The molecule has 3 fully saturated rings. The van der Waals surface area contributed by atoms with E-state index in [0.717, 1.165) is 45.3 Å². The van der Waals surface area contributed by atoms with Gasteiger partial charge in [0.05, 0.1) is 5.25 Å². The van der Waals surface area contributed by atoms with E-state index < -0.39 is 10.0 Å². The molecule has 2 aliphatic heterocycles. The minimum absolute atomic E-state index is 0.0360. The molecule has 2 atom stereocenters. The molecule has 2 heterocycles. The highest BCUT2D eigenvalue weighted by Gasteiger charge is 2.47. The number of nitrogens with one attached hydrogen (secondary N) is 1. The first-order valence-electron chi connectivity index (χ1n) is 5.91. The summed E-state index contributed by atoms with van der Waals surface area (Å²) >= 11 is 0. The molecule has 0 bridgehead atoms. The fourth-order valence-corrected chi connectivity index (χ4v) is 5.04. The lowest BCUT2D eigenvalue weighted by atomic mass is 9.95.